The number of hydrogen-bond donors (Lipinski definition) is 1. The molecule has 3 saturated heterocycles. The summed E-state index contributed by atoms with van der Waals surface area (Å²) in [6.07, 6.45) is 7.86. The Morgan fingerprint density at radius 3 is 2.30 bits per heavy atom. The largest absolute Gasteiger partial charge is 0.379 e. The molecule has 0 aromatic rings. The number of nitrogens with zero attached hydrogens (tertiary/aromatic N) is 4. The minimum atomic E-state index is 0. The normalized spacial score (nSPS) is 28.9. The van der Waals surface area contributed by atoms with Crippen molar-refractivity contribution in [3.05, 3.63) is 0 Å². The van der Waals surface area contributed by atoms with E-state index in [-0.39, 0.29) is 29.5 Å². The SMILES string of the molecule is CCNC(=NCC1(N2CCOCC2)CCCCC1)N1CCC(N2CCOCC2)C1.I. The van der Waals surface area contributed by atoms with E-state index in [0.717, 1.165) is 84.7 Å². The van der Waals surface area contributed by atoms with E-state index >= 15 is 0 Å². The molecule has 3 heterocycles. The standard InChI is InChI=1S/C22H41N5O2.HI/c1-2-23-21(26-9-6-20(18-26)25-10-14-28-15-11-25)24-19-22(7-4-3-5-8-22)27-12-16-29-17-13-27;/h20H,2-19H2,1H3,(H,23,24);1H. The highest BCUT2D eigenvalue weighted by Crippen LogP contribution is 2.34. The zero-order valence-electron chi connectivity index (χ0n) is 18.8. The Hall–Kier alpha value is -0.160. The Bertz CT molecular complexity index is 532. The zero-order valence-corrected chi connectivity index (χ0v) is 21.1. The lowest BCUT2D eigenvalue weighted by atomic mass is 9.80. The number of halogens is 1. The molecule has 0 spiro atoms. The maximum atomic E-state index is 5.64. The van der Waals surface area contributed by atoms with Gasteiger partial charge in [-0.15, -0.1) is 24.0 Å². The Kier molecular flexibility index (Phi) is 9.94. The highest BCUT2D eigenvalue weighted by Gasteiger charge is 2.39. The van der Waals surface area contributed by atoms with Gasteiger partial charge in [0.1, 0.15) is 0 Å². The second-order valence-electron chi connectivity index (χ2n) is 9.09. The van der Waals surface area contributed by atoms with E-state index in [1.807, 2.05) is 0 Å². The first-order chi connectivity index (χ1) is 14.3. The van der Waals surface area contributed by atoms with Crippen LogP contribution in [0.15, 0.2) is 4.99 Å². The van der Waals surface area contributed by atoms with Crippen molar-refractivity contribution in [1.29, 1.82) is 0 Å². The van der Waals surface area contributed by atoms with E-state index in [1.54, 1.807) is 0 Å². The van der Waals surface area contributed by atoms with E-state index < -0.39 is 0 Å². The zero-order chi connectivity index (χ0) is 19.9. The van der Waals surface area contributed by atoms with Gasteiger partial charge in [0, 0.05) is 57.4 Å². The third-order valence-corrected chi connectivity index (χ3v) is 7.35. The molecule has 4 rings (SSSR count). The molecule has 0 radical (unpaired) electrons. The van der Waals surface area contributed by atoms with Gasteiger partial charge in [0.25, 0.3) is 0 Å². The van der Waals surface area contributed by atoms with Crippen LogP contribution >= 0.6 is 24.0 Å². The van der Waals surface area contributed by atoms with E-state index in [2.05, 4.69) is 26.9 Å². The number of rotatable bonds is 5. The van der Waals surface area contributed by atoms with Crippen LogP contribution in [-0.4, -0.2) is 111 Å². The lowest BCUT2D eigenvalue weighted by molar-refractivity contribution is -0.0334. The molecule has 0 amide bonds. The summed E-state index contributed by atoms with van der Waals surface area (Å²) in [5, 5.41) is 3.60. The fourth-order valence-electron chi connectivity index (χ4n) is 5.64. The lowest BCUT2D eigenvalue weighted by Gasteiger charge is -2.47. The van der Waals surface area contributed by atoms with E-state index in [1.165, 1.54) is 38.5 Å². The van der Waals surface area contributed by atoms with Gasteiger partial charge in [-0.05, 0) is 26.2 Å². The van der Waals surface area contributed by atoms with E-state index in [9.17, 15) is 0 Å². The summed E-state index contributed by atoms with van der Waals surface area (Å²) in [6.45, 7) is 14.0. The van der Waals surface area contributed by atoms with Crippen molar-refractivity contribution in [2.24, 2.45) is 4.99 Å². The summed E-state index contributed by atoms with van der Waals surface area (Å²) in [5.74, 6) is 1.13. The second-order valence-corrected chi connectivity index (χ2v) is 9.09. The third-order valence-electron chi connectivity index (χ3n) is 7.35. The van der Waals surface area contributed by atoms with Gasteiger partial charge in [-0.2, -0.15) is 0 Å². The molecule has 1 aliphatic carbocycles. The Morgan fingerprint density at radius 1 is 0.967 bits per heavy atom. The third kappa shape index (κ3) is 5.99. The summed E-state index contributed by atoms with van der Waals surface area (Å²) >= 11 is 0. The first-order valence-corrected chi connectivity index (χ1v) is 12.0. The number of guanidine groups is 1. The fourth-order valence-corrected chi connectivity index (χ4v) is 5.64. The van der Waals surface area contributed by atoms with Crippen LogP contribution in [-0.2, 0) is 9.47 Å². The van der Waals surface area contributed by atoms with Gasteiger partial charge < -0.3 is 19.7 Å². The molecule has 3 aliphatic heterocycles. The molecule has 1 saturated carbocycles. The molecule has 1 unspecified atom stereocenters. The quantitative estimate of drug-likeness (QED) is 0.331. The van der Waals surface area contributed by atoms with Crippen LogP contribution in [0.4, 0.5) is 0 Å². The smallest absolute Gasteiger partial charge is 0.194 e. The maximum absolute atomic E-state index is 5.64. The summed E-state index contributed by atoms with van der Waals surface area (Å²) < 4.78 is 11.2. The van der Waals surface area contributed by atoms with Crippen molar-refractivity contribution < 1.29 is 9.47 Å². The Balaban J connectivity index is 0.00000256. The predicted octanol–water partition coefficient (Wildman–Crippen LogP) is 2.01. The number of morpholine rings is 2. The van der Waals surface area contributed by atoms with Gasteiger partial charge in [-0.3, -0.25) is 14.8 Å². The van der Waals surface area contributed by atoms with E-state index in [0.29, 0.717) is 6.04 Å². The van der Waals surface area contributed by atoms with Gasteiger partial charge in [0.2, 0.25) is 0 Å². The molecule has 7 nitrogen and oxygen atoms in total. The maximum Gasteiger partial charge on any atom is 0.194 e. The highest BCUT2D eigenvalue weighted by molar-refractivity contribution is 14.0. The van der Waals surface area contributed by atoms with Crippen molar-refractivity contribution >= 4 is 29.9 Å². The number of hydrogen-bond acceptors (Lipinski definition) is 5. The first-order valence-electron chi connectivity index (χ1n) is 12.0. The number of likely N-dealkylation sites (tertiary alicyclic amines) is 1. The minimum absolute atomic E-state index is 0. The molecule has 1 atom stereocenters. The van der Waals surface area contributed by atoms with Gasteiger partial charge in [-0.1, -0.05) is 19.3 Å². The summed E-state index contributed by atoms with van der Waals surface area (Å²) in [7, 11) is 0. The fraction of sp³-hybridized carbons (Fsp3) is 0.955. The molecule has 4 aliphatic rings. The van der Waals surface area contributed by atoms with Crippen LogP contribution in [0.2, 0.25) is 0 Å². The summed E-state index contributed by atoms with van der Waals surface area (Å²) in [6, 6.07) is 0.644. The van der Waals surface area contributed by atoms with Gasteiger partial charge in [0.05, 0.1) is 33.0 Å². The average Bonchev–Trinajstić information content (AvgIpc) is 3.29. The number of ether oxygens (including phenoxy) is 2. The molecule has 0 bridgehead atoms. The van der Waals surface area contributed by atoms with Crippen molar-refractivity contribution in [2.45, 2.75) is 57.0 Å². The van der Waals surface area contributed by atoms with Gasteiger partial charge in [0.15, 0.2) is 5.96 Å². The molecule has 174 valence electrons. The Labute approximate surface area is 199 Å². The predicted molar refractivity (Wildman–Crippen MR) is 132 cm³/mol. The summed E-state index contributed by atoms with van der Waals surface area (Å²) in [4.78, 5) is 13.1. The monoisotopic (exact) mass is 535 g/mol. The minimum Gasteiger partial charge on any atom is -0.379 e. The van der Waals surface area contributed by atoms with E-state index in [4.69, 9.17) is 14.5 Å². The molecule has 8 heteroatoms. The van der Waals surface area contributed by atoms with Crippen molar-refractivity contribution in [2.75, 3.05) is 78.8 Å². The van der Waals surface area contributed by atoms with Crippen LogP contribution in [0.5, 0.6) is 0 Å². The number of aliphatic imine (C=N–C) groups is 1. The molecule has 0 aromatic heterocycles. The highest BCUT2D eigenvalue weighted by atomic mass is 127. The Morgan fingerprint density at radius 2 is 1.63 bits per heavy atom. The average molecular weight is 536 g/mol. The molecule has 0 aromatic carbocycles. The molecule has 1 N–H and O–H groups in total. The lowest BCUT2D eigenvalue weighted by Crippen LogP contribution is -2.56. The van der Waals surface area contributed by atoms with Crippen LogP contribution in [0.1, 0.15) is 45.4 Å². The molecular formula is C22H42IN5O2. The van der Waals surface area contributed by atoms with Gasteiger partial charge >= 0.3 is 0 Å². The van der Waals surface area contributed by atoms with Gasteiger partial charge in [-0.25, -0.2) is 0 Å². The van der Waals surface area contributed by atoms with Crippen molar-refractivity contribution in [3.8, 4) is 0 Å². The first kappa shape index (κ1) is 24.5. The molecule has 30 heavy (non-hydrogen) atoms. The van der Waals surface area contributed by atoms with Crippen LogP contribution in [0.25, 0.3) is 0 Å². The van der Waals surface area contributed by atoms with Crippen LogP contribution < -0.4 is 5.32 Å². The molecule has 4 fully saturated rings. The second kappa shape index (κ2) is 12.2. The molecular weight excluding hydrogens is 493 g/mol. The summed E-state index contributed by atoms with van der Waals surface area (Å²) in [5.41, 5.74) is 0.242. The van der Waals surface area contributed by atoms with Crippen LogP contribution in [0.3, 0.4) is 0 Å². The van der Waals surface area contributed by atoms with Crippen molar-refractivity contribution in [1.82, 2.24) is 20.0 Å². The topological polar surface area (TPSA) is 52.6 Å². The number of nitrogens with one attached hydrogen (secondary N) is 1. The van der Waals surface area contributed by atoms with Crippen LogP contribution in [0, 0.1) is 0 Å². The van der Waals surface area contributed by atoms with Crippen molar-refractivity contribution in [3.63, 3.8) is 0 Å².